The van der Waals surface area contributed by atoms with Gasteiger partial charge in [-0.2, -0.15) is 0 Å². The molecule has 0 aliphatic heterocycles. The summed E-state index contributed by atoms with van der Waals surface area (Å²) in [6.07, 6.45) is 0.601. The molecule has 0 unspecified atom stereocenters. The van der Waals surface area contributed by atoms with Gasteiger partial charge in [0, 0.05) is 12.2 Å². The molecular weight excluding hydrogens is 238 g/mol. The van der Waals surface area contributed by atoms with Gasteiger partial charge in [-0.3, -0.25) is 4.79 Å². The largest absolute Gasteiger partial charge is 0.481 e. The first-order chi connectivity index (χ1) is 8.63. The van der Waals surface area contributed by atoms with Crippen molar-refractivity contribution < 1.29 is 9.90 Å². The lowest BCUT2D eigenvalue weighted by atomic mass is 9.87. The standard InChI is InChI=1S/C16H25NO2/c1-15(2,3)12-6-8-13(9-7-12)17-11-10-16(4,5)14(18)19/h6-9,17H,10-11H2,1-5H3,(H,18,19). The van der Waals surface area contributed by atoms with Crippen molar-refractivity contribution in [1.29, 1.82) is 0 Å². The number of nitrogens with one attached hydrogen (secondary N) is 1. The summed E-state index contributed by atoms with van der Waals surface area (Å²) < 4.78 is 0. The van der Waals surface area contributed by atoms with Crippen LogP contribution in [0.15, 0.2) is 24.3 Å². The van der Waals surface area contributed by atoms with Crippen LogP contribution in [0.3, 0.4) is 0 Å². The van der Waals surface area contributed by atoms with Crippen molar-refractivity contribution in [1.82, 2.24) is 0 Å². The molecule has 2 N–H and O–H groups in total. The van der Waals surface area contributed by atoms with Crippen molar-refractivity contribution in [2.24, 2.45) is 5.41 Å². The smallest absolute Gasteiger partial charge is 0.309 e. The molecule has 3 nitrogen and oxygen atoms in total. The summed E-state index contributed by atoms with van der Waals surface area (Å²) in [5.74, 6) is -0.752. The van der Waals surface area contributed by atoms with E-state index in [1.807, 2.05) is 12.1 Å². The SMILES string of the molecule is CC(C)(CCNc1ccc(C(C)(C)C)cc1)C(=O)O. The number of carboxylic acid groups (broad SMARTS) is 1. The fraction of sp³-hybridized carbons (Fsp3) is 0.562. The number of hydrogen-bond acceptors (Lipinski definition) is 2. The van der Waals surface area contributed by atoms with E-state index in [1.54, 1.807) is 13.8 Å². The van der Waals surface area contributed by atoms with E-state index < -0.39 is 11.4 Å². The van der Waals surface area contributed by atoms with Crippen molar-refractivity contribution in [2.45, 2.75) is 46.5 Å². The number of aliphatic carboxylic acids is 1. The minimum Gasteiger partial charge on any atom is -0.481 e. The fourth-order valence-corrected chi connectivity index (χ4v) is 1.71. The van der Waals surface area contributed by atoms with Gasteiger partial charge >= 0.3 is 5.97 Å². The molecule has 1 aromatic rings. The highest BCUT2D eigenvalue weighted by atomic mass is 16.4. The zero-order valence-electron chi connectivity index (χ0n) is 12.6. The minimum atomic E-state index is -0.752. The molecule has 0 heterocycles. The lowest BCUT2D eigenvalue weighted by Crippen LogP contribution is -2.26. The first kappa shape index (κ1) is 15.5. The molecule has 0 saturated heterocycles. The Bertz CT molecular complexity index is 427. The normalized spacial score (nSPS) is 12.3. The van der Waals surface area contributed by atoms with Gasteiger partial charge in [0.1, 0.15) is 0 Å². The fourth-order valence-electron chi connectivity index (χ4n) is 1.71. The lowest BCUT2D eigenvalue weighted by Gasteiger charge is -2.21. The average Bonchev–Trinajstić information content (AvgIpc) is 2.28. The summed E-state index contributed by atoms with van der Waals surface area (Å²) in [6, 6.07) is 8.33. The molecule has 0 aliphatic rings. The zero-order valence-corrected chi connectivity index (χ0v) is 12.6. The first-order valence-corrected chi connectivity index (χ1v) is 6.71. The maximum Gasteiger partial charge on any atom is 0.309 e. The van der Waals surface area contributed by atoms with Crippen LogP contribution in [0.2, 0.25) is 0 Å². The van der Waals surface area contributed by atoms with Gasteiger partial charge in [-0.05, 0) is 43.4 Å². The topological polar surface area (TPSA) is 49.3 Å². The third kappa shape index (κ3) is 4.58. The monoisotopic (exact) mass is 263 g/mol. The first-order valence-electron chi connectivity index (χ1n) is 6.71. The molecule has 0 aliphatic carbocycles. The van der Waals surface area contributed by atoms with Gasteiger partial charge in [-0.15, -0.1) is 0 Å². The van der Waals surface area contributed by atoms with Crippen LogP contribution in [0.1, 0.15) is 46.6 Å². The molecule has 3 heteroatoms. The highest BCUT2D eigenvalue weighted by Gasteiger charge is 2.26. The summed E-state index contributed by atoms with van der Waals surface area (Å²) in [7, 11) is 0. The summed E-state index contributed by atoms with van der Waals surface area (Å²) in [5.41, 5.74) is 1.81. The Labute approximate surface area is 116 Å². The molecule has 106 valence electrons. The van der Waals surface area contributed by atoms with Crippen LogP contribution in [0.4, 0.5) is 5.69 Å². The summed E-state index contributed by atoms with van der Waals surface area (Å²) in [6.45, 7) is 10.7. The van der Waals surface area contributed by atoms with Gasteiger partial charge in [0.15, 0.2) is 0 Å². The van der Waals surface area contributed by atoms with E-state index in [4.69, 9.17) is 5.11 Å². The van der Waals surface area contributed by atoms with Gasteiger partial charge in [-0.25, -0.2) is 0 Å². The molecule has 0 fully saturated rings. The molecular formula is C16H25NO2. The second kappa shape index (κ2) is 5.64. The third-order valence-electron chi connectivity index (χ3n) is 3.41. The molecule has 1 rings (SSSR count). The molecule has 0 atom stereocenters. The van der Waals surface area contributed by atoms with E-state index in [1.165, 1.54) is 5.56 Å². The Balaban J connectivity index is 2.54. The number of benzene rings is 1. The van der Waals surface area contributed by atoms with Crippen LogP contribution in [0.5, 0.6) is 0 Å². The Morgan fingerprint density at radius 2 is 1.63 bits per heavy atom. The van der Waals surface area contributed by atoms with Crippen molar-refractivity contribution in [3.8, 4) is 0 Å². The minimum absolute atomic E-state index is 0.157. The van der Waals surface area contributed by atoms with Crippen molar-refractivity contribution in [3.63, 3.8) is 0 Å². The second-order valence-electron chi connectivity index (χ2n) is 6.69. The molecule has 0 spiro atoms. The summed E-state index contributed by atoms with van der Waals surface area (Å²) in [4.78, 5) is 11.0. The maximum atomic E-state index is 11.0. The predicted molar refractivity (Wildman–Crippen MR) is 79.7 cm³/mol. The molecule has 0 bridgehead atoms. The molecule has 0 saturated carbocycles. The van der Waals surface area contributed by atoms with Crippen molar-refractivity contribution in [3.05, 3.63) is 29.8 Å². The Morgan fingerprint density at radius 1 is 1.11 bits per heavy atom. The summed E-state index contributed by atoms with van der Waals surface area (Å²) in [5, 5.41) is 12.3. The number of carboxylic acids is 1. The summed E-state index contributed by atoms with van der Waals surface area (Å²) >= 11 is 0. The number of carbonyl (C=O) groups is 1. The van der Waals surface area contributed by atoms with Crippen LogP contribution >= 0.6 is 0 Å². The molecule has 0 amide bonds. The van der Waals surface area contributed by atoms with Crippen LogP contribution in [-0.4, -0.2) is 17.6 Å². The average molecular weight is 263 g/mol. The Morgan fingerprint density at radius 3 is 2.05 bits per heavy atom. The predicted octanol–water partition coefficient (Wildman–Crippen LogP) is 3.90. The van der Waals surface area contributed by atoms with Gasteiger partial charge in [-0.1, -0.05) is 32.9 Å². The molecule has 0 radical (unpaired) electrons. The van der Waals surface area contributed by atoms with Crippen molar-refractivity contribution >= 4 is 11.7 Å². The maximum absolute atomic E-state index is 11.0. The van der Waals surface area contributed by atoms with Gasteiger partial charge < -0.3 is 10.4 Å². The van der Waals surface area contributed by atoms with Crippen LogP contribution in [0, 0.1) is 5.41 Å². The third-order valence-corrected chi connectivity index (χ3v) is 3.41. The highest BCUT2D eigenvalue weighted by Crippen LogP contribution is 2.24. The quantitative estimate of drug-likeness (QED) is 0.847. The number of rotatable bonds is 5. The molecule has 19 heavy (non-hydrogen) atoms. The van der Waals surface area contributed by atoms with Crippen LogP contribution in [0.25, 0.3) is 0 Å². The Kier molecular flexibility index (Phi) is 4.61. The molecule has 1 aromatic carbocycles. The van der Waals surface area contributed by atoms with Crippen molar-refractivity contribution in [2.75, 3.05) is 11.9 Å². The molecule has 0 aromatic heterocycles. The number of anilines is 1. The van der Waals surface area contributed by atoms with E-state index in [2.05, 4.69) is 38.2 Å². The van der Waals surface area contributed by atoms with Crippen LogP contribution in [-0.2, 0) is 10.2 Å². The van der Waals surface area contributed by atoms with E-state index in [-0.39, 0.29) is 5.41 Å². The van der Waals surface area contributed by atoms with E-state index >= 15 is 0 Å². The second-order valence-corrected chi connectivity index (χ2v) is 6.69. The Hall–Kier alpha value is -1.51. The number of hydrogen-bond donors (Lipinski definition) is 2. The highest BCUT2D eigenvalue weighted by molar-refractivity contribution is 5.73. The van der Waals surface area contributed by atoms with E-state index in [9.17, 15) is 4.79 Å². The zero-order chi connectivity index (χ0) is 14.7. The lowest BCUT2D eigenvalue weighted by molar-refractivity contribution is -0.147. The van der Waals surface area contributed by atoms with Gasteiger partial charge in [0.05, 0.1) is 5.41 Å². The van der Waals surface area contributed by atoms with Gasteiger partial charge in [0.2, 0.25) is 0 Å². The van der Waals surface area contributed by atoms with Gasteiger partial charge in [0.25, 0.3) is 0 Å². The van der Waals surface area contributed by atoms with E-state index in [0.29, 0.717) is 13.0 Å². The van der Waals surface area contributed by atoms with E-state index in [0.717, 1.165) is 5.69 Å². The van der Waals surface area contributed by atoms with Crippen LogP contribution < -0.4 is 5.32 Å².